The Morgan fingerprint density at radius 1 is 1.44 bits per heavy atom. The minimum atomic E-state index is -0.470. The smallest absolute Gasteiger partial charge is 0.119 e. The SMILES string of the molecule is C[C@@H](O)c1cccc(OCCCCC#N)c1. The van der Waals surface area contributed by atoms with Gasteiger partial charge in [-0.15, -0.1) is 0 Å². The molecule has 0 amide bonds. The van der Waals surface area contributed by atoms with Crippen molar-refractivity contribution in [3.8, 4) is 11.8 Å². The molecule has 16 heavy (non-hydrogen) atoms. The van der Waals surface area contributed by atoms with Gasteiger partial charge in [0.25, 0.3) is 0 Å². The summed E-state index contributed by atoms with van der Waals surface area (Å²) < 4.78 is 5.52. The Morgan fingerprint density at radius 2 is 2.25 bits per heavy atom. The van der Waals surface area contributed by atoms with E-state index < -0.39 is 6.10 Å². The van der Waals surface area contributed by atoms with Crippen molar-refractivity contribution < 1.29 is 9.84 Å². The summed E-state index contributed by atoms with van der Waals surface area (Å²) in [5, 5.41) is 17.8. The number of rotatable bonds is 6. The fourth-order valence-corrected chi connectivity index (χ4v) is 1.36. The predicted molar refractivity (Wildman–Crippen MR) is 62.0 cm³/mol. The van der Waals surface area contributed by atoms with Gasteiger partial charge in [0.05, 0.1) is 18.8 Å². The van der Waals surface area contributed by atoms with Crippen molar-refractivity contribution in [3.63, 3.8) is 0 Å². The van der Waals surface area contributed by atoms with Crippen molar-refractivity contribution in [2.24, 2.45) is 0 Å². The van der Waals surface area contributed by atoms with Crippen LogP contribution >= 0.6 is 0 Å². The van der Waals surface area contributed by atoms with E-state index in [1.54, 1.807) is 6.92 Å². The summed E-state index contributed by atoms with van der Waals surface area (Å²) in [5.41, 5.74) is 0.856. The van der Waals surface area contributed by atoms with E-state index in [-0.39, 0.29) is 0 Å². The van der Waals surface area contributed by atoms with Crippen LogP contribution in [0.1, 0.15) is 37.9 Å². The van der Waals surface area contributed by atoms with Gasteiger partial charge in [0.15, 0.2) is 0 Å². The minimum absolute atomic E-state index is 0.470. The average molecular weight is 219 g/mol. The molecule has 0 unspecified atom stereocenters. The van der Waals surface area contributed by atoms with Crippen LogP contribution in [0, 0.1) is 11.3 Å². The molecule has 0 aliphatic heterocycles. The average Bonchev–Trinajstić information content (AvgIpc) is 2.29. The maximum atomic E-state index is 9.40. The molecule has 0 bridgehead atoms. The molecule has 0 aliphatic rings. The van der Waals surface area contributed by atoms with Gasteiger partial charge in [-0.3, -0.25) is 0 Å². The Labute approximate surface area is 96.3 Å². The minimum Gasteiger partial charge on any atom is -0.494 e. The molecule has 0 heterocycles. The molecule has 0 aliphatic carbocycles. The molecule has 0 spiro atoms. The van der Waals surface area contributed by atoms with Crippen molar-refractivity contribution in [1.82, 2.24) is 0 Å². The number of aliphatic hydroxyl groups excluding tert-OH is 1. The van der Waals surface area contributed by atoms with Crippen LogP contribution in [0.25, 0.3) is 0 Å². The zero-order chi connectivity index (χ0) is 11.8. The van der Waals surface area contributed by atoms with Crippen molar-refractivity contribution in [3.05, 3.63) is 29.8 Å². The molecule has 0 fully saturated rings. The highest BCUT2D eigenvalue weighted by Gasteiger charge is 2.01. The van der Waals surface area contributed by atoms with Crippen LogP contribution in [0.2, 0.25) is 0 Å². The van der Waals surface area contributed by atoms with Crippen LogP contribution in [0.4, 0.5) is 0 Å². The van der Waals surface area contributed by atoms with Gasteiger partial charge in [0, 0.05) is 6.42 Å². The summed E-state index contributed by atoms with van der Waals surface area (Å²) in [6.07, 6.45) is 1.86. The molecular formula is C13H17NO2. The fraction of sp³-hybridized carbons (Fsp3) is 0.462. The normalized spacial score (nSPS) is 11.8. The third-order valence-corrected chi connectivity index (χ3v) is 2.29. The highest BCUT2D eigenvalue weighted by molar-refractivity contribution is 5.29. The van der Waals surface area contributed by atoms with E-state index in [2.05, 4.69) is 6.07 Å². The van der Waals surface area contributed by atoms with Crippen molar-refractivity contribution in [1.29, 1.82) is 5.26 Å². The number of nitriles is 1. The highest BCUT2D eigenvalue weighted by Crippen LogP contribution is 2.18. The highest BCUT2D eigenvalue weighted by atomic mass is 16.5. The van der Waals surface area contributed by atoms with Crippen LogP contribution in [0.15, 0.2) is 24.3 Å². The van der Waals surface area contributed by atoms with E-state index in [4.69, 9.17) is 10.00 Å². The van der Waals surface area contributed by atoms with Crippen molar-refractivity contribution >= 4 is 0 Å². The van der Waals surface area contributed by atoms with Crippen LogP contribution in [0.5, 0.6) is 5.75 Å². The van der Waals surface area contributed by atoms with Crippen LogP contribution in [-0.2, 0) is 0 Å². The van der Waals surface area contributed by atoms with Gasteiger partial charge in [0.2, 0.25) is 0 Å². The number of hydrogen-bond donors (Lipinski definition) is 1. The Hall–Kier alpha value is -1.53. The molecule has 3 nitrogen and oxygen atoms in total. The molecule has 3 heteroatoms. The topological polar surface area (TPSA) is 53.2 Å². The molecular weight excluding hydrogens is 202 g/mol. The van der Waals surface area contributed by atoms with E-state index in [0.29, 0.717) is 13.0 Å². The van der Waals surface area contributed by atoms with Crippen LogP contribution < -0.4 is 4.74 Å². The molecule has 0 aromatic heterocycles. The van der Waals surface area contributed by atoms with Gasteiger partial charge < -0.3 is 9.84 Å². The van der Waals surface area contributed by atoms with E-state index in [1.807, 2.05) is 24.3 Å². The molecule has 0 radical (unpaired) electrons. The van der Waals surface area contributed by atoms with Gasteiger partial charge >= 0.3 is 0 Å². The molecule has 0 saturated heterocycles. The van der Waals surface area contributed by atoms with Gasteiger partial charge in [-0.05, 0) is 37.5 Å². The molecule has 1 atom stereocenters. The fourth-order valence-electron chi connectivity index (χ4n) is 1.36. The standard InChI is InChI=1S/C13H17NO2/c1-11(15)12-6-5-7-13(10-12)16-9-4-2-3-8-14/h5-7,10-11,15H,2-4,9H2,1H3/t11-/m1/s1. The number of hydrogen-bond acceptors (Lipinski definition) is 3. The van der Waals surface area contributed by atoms with Gasteiger partial charge in [0.1, 0.15) is 5.75 Å². The van der Waals surface area contributed by atoms with E-state index in [1.165, 1.54) is 0 Å². The second-order valence-electron chi connectivity index (χ2n) is 3.71. The lowest BCUT2D eigenvalue weighted by atomic mass is 10.1. The largest absolute Gasteiger partial charge is 0.494 e. The first-order valence-electron chi connectivity index (χ1n) is 5.52. The maximum absolute atomic E-state index is 9.40. The lowest BCUT2D eigenvalue weighted by Gasteiger charge is -2.09. The zero-order valence-corrected chi connectivity index (χ0v) is 9.52. The molecule has 1 rings (SSSR count). The first kappa shape index (κ1) is 12.5. The number of ether oxygens (including phenoxy) is 1. The van der Waals surface area contributed by atoms with Crippen LogP contribution in [0.3, 0.4) is 0 Å². The molecule has 86 valence electrons. The van der Waals surface area contributed by atoms with Crippen LogP contribution in [-0.4, -0.2) is 11.7 Å². The Morgan fingerprint density at radius 3 is 2.94 bits per heavy atom. The van der Waals surface area contributed by atoms with Gasteiger partial charge in [-0.2, -0.15) is 5.26 Å². The monoisotopic (exact) mass is 219 g/mol. The third-order valence-electron chi connectivity index (χ3n) is 2.29. The van der Waals surface area contributed by atoms with Crippen molar-refractivity contribution in [2.45, 2.75) is 32.3 Å². The summed E-state index contributed by atoms with van der Waals surface area (Å²) in [4.78, 5) is 0. The summed E-state index contributed by atoms with van der Waals surface area (Å²) in [6, 6.07) is 9.55. The summed E-state index contributed by atoms with van der Waals surface area (Å²) >= 11 is 0. The lowest BCUT2D eigenvalue weighted by Crippen LogP contribution is -1.98. The second-order valence-corrected chi connectivity index (χ2v) is 3.71. The summed E-state index contributed by atoms with van der Waals surface area (Å²) in [7, 11) is 0. The predicted octanol–water partition coefficient (Wildman–Crippen LogP) is 2.81. The van der Waals surface area contributed by atoms with Gasteiger partial charge in [-0.25, -0.2) is 0 Å². The molecule has 1 N–H and O–H groups in total. The van der Waals surface area contributed by atoms with Gasteiger partial charge in [-0.1, -0.05) is 12.1 Å². The summed E-state index contributed by atoms with van der Waals surface area (Å²) in [5.74, 6) is 0.773. The third kappa shape index (κ3) is 4.33. The Kier molecular flexibility index (Phi) is 5.38. The number of aliphatic hydroxyl groups is 1. The first-order valence-corrected chi connectivity index (χ1v) is 5.52. The zero-order valence-electron chi connectivity index (χ0n) is 9.52. The quantitative estimate of drug-likeness (QED) is 0.748. The number of benzene rings is 1. The molecule has 1 aromatic carbocycles. The summed E-state index contributed by atoms with van der Waals surface area (Å²) in [6.45, 7) is 2.34. The van der Waals surface area contributed by atoms with E-state index in [0.717, 1.165) is 24.2 Å². The Bertz CT molecular complexity index is 355. The molecule has 1 aromatic rings. The number of unbranched alkanes of at least 4 members (excludes halogenated alkanes) is 2. The molecule has 0 saturated carbocycles. The lowest BCUT2D eigenvalue weighted by molar-refractivity contribution is 0.198. The van der Waals surface area contributed by atoms with E-state index in [9.17, 15) is 5.11 Å². The maximum Gasteiger partial charge on any atom is 0.119 e. The second kappa shape index (κ2) is 6.86. The van der Waals surface area contributed by atoms with Crippen molar-refractivity contribution in [2.75, 3.05) is 6.61 Å². The number of nitrogens with zero attached hydrogens (tertiary/aromatic N) is 1. The van der Waals surface area contributed by atoms with E-state index >= 15 is 0 Å². The Balaban J connectivity index is 2.37. The first-order chi connectivity index (χ1) is 7.74.